The summed E-state index contributed by atoms with van der Waals surface area (Å²) >= 11 is 0. The molecule has 0 fully saturated rings. The van der Waals surface area contributed by atoms with Crippen LogP contribution in [0.1, 0.15) is 5.56 Å². The predicted molar refractivity (Wildman–Crippen MR) is 87.2 cm³/mol. The van der Waals surface area contributed by atoms with Crippen molar-refractivity contribution in [1.29, 1.82) is 0 Å². The quantitative estimate of drug-likeness (QED) is 0.373. The van der Waals surface area contributed by atoms with Gasteiger partial charge in [0.2, 0.25) is 0 Å². The minimum atomic E-state index is 0. The minimum Gasteiger partial charge on any atom is -1.00 e. The molecule has 0 N–H and O–H groups in total. The second-order valence-corrected chi connectivity index (χ2v) is 5.32. The van der Waals surface area contributed by atoms with Crippen molar-refractivity contribution in [2.75, 3.05) is 0 Å². The van der Waals surface area contributed by atoms with Gasteiger partial charge in [0, 0.05) is 0 Å². The maximum atomic E-state index is 2.28. The van der Waals surface area contributed by atoms with Gasteiger partial charge in [-0.05, 0) is 10.8 Å². The first-order valence-electron chi connectivity index (χ1n) is 6.98. The van der Waals surface area contributed by atoms with Crippen molar-refractivity contribution in [2.45, 2.75) is 6.92 Å². The summed E-state index contributed by atoms with van der Waals surface area (Å²) in [5.41, 5.74) is 4.06. The van der Waals surface area contributed by atoms with Crippen molar-refractivity contribution in [3.05, 3.63) is 78.4 Å². The second kappa shape index (κ2) is 8.20. The first-order chi connectivity index (χ1) is 9.84. The van der Waals surface area contributed by atoms with E-state index in [1.54, 1.807) is 0 Å². The van der Waals surface area contributed by atoms with Crippen LogP contribution < -0.4 is 24.8 Å². The summed E-state index contributed by atoms with van der Waals surface area (Å²) < 4.78 is 0. The molecule has 0 aliphatic heterocycles. The molecule has 4 aromatic carbocycles. The molecule has 0 heterocycles. The molecule has 0 saturated heterocycles. The Kier molecular flexibility index (Phi) is 7.14. The van der Waals surface area contributed by atoms with Crippen molar-refractivity contribution in [3.8, 4) is 11.1 Å². The van der Waals surface area contributed by atoms with Gasteiger partial charge in [-0.2, -0.15) is 0 Å². The van der Waals surface area contributed by atoms with Gasteiger partial charge in [-0.3, -0.25) is 0 Å². The van der Waals surface area contributed by atoms with Crippen LogP contribution in [-0.4, -0.2) is 0 Å². The molecule has 0 aliphatic carbocycles. The maximum absolute atomic E-state index is 2.28. The number of halogens is 2. The molecule has 23 heavy (non-hydrogen) atoms. The van der Waals surface area contributed by atoms with E-state index in [1.807, 2.05) is 0 Å². The Morgan fingerprint density at radius 2 is 1.30 bits per heavy atom. The topological polar surface area (TPSA) is 0 Å². The number of hydrogen-bond acceptors (Lipinski definition) is 0. The van der Waals surface area contributed by atoms with E-state index in [0.717, 1.165) is 0 Å². The van der Waals surface area contributed by atoms with Crippen LogP contribution in [0.5, 0.6) is 0 Å². The summed E-state index contributed by atoms with van der Waals surface area (Å²) in [7, 11) is 0. The molecule has 113 valence electrons. The zero-order chi connectivity index (χ0) is 13.5. The van der Waals surface area contributed by atoms with Crippen molar-refractivity contribution in [2.24, 2.45) is 0 Å². The van der Waals surface area contributed by atoms with Gasteiger partial charge >= 0.3 is 26.2 Å². The van der Waals surface area contributed by atoms with Gasteiger partial charge < -0.3 is 24.8 Å². The SMILES string of the molecule is Cc1[cH-]c2ccccc2c1-c1cccc2ccccc12.[Cl-].[Cl-].[Zr+3]. The molecule has 4 rings (SSSR count). The summed E-state index contributed by atoms with van der Waals surface area (Å²) in [6.45, 7) is 2.21. The van der Waals surface area contributed by atoms with Gasteiger partial charge in [-0.25, -0.2) is 0 Å². The van der Waals surface area contributed by atoms with Crippen LogP contribution in [0.25, 0.3) is 32.7 Å². The molecule has 0 unspecified atom stereocenters. The number of hydrogen-bond donors (Lipinski definition) is 0. The van der Waals surface area contributed by atoms with Gasteiger partial charge in [0.1, 0.15) is 0 Å². The van der Waals surface area contributed by atoms with E-state index in [4.69, 9.17) is 0 Å². The summed E-state index contributed by atoms with van der Waals surface area (Å²) in [6.07, 6.45) is 0. The van der Waals surface area contributed by atoms with E-state index < -0.39 is 0 Å². The van der Waals surface area contributed by atoms with E-state index in [-0.39, 0.29) is 51.0 Å². The third kappa shape index (κ3) is 3.43. The van der Waals surface area contributed by atoms with Gasteiger partial charge in [0.25, 0.3) is 0 Å². The van der Waals surface area contributed by atoms with Crippen LogP contribution >= 0.6 is 0 Å². The fourth-order valence-electron chi connectivity index (χ4n) is 3.17. The molecule has 0 bridgehead atoms. The molecule has 0 aromatic heterocycles. The number of fused-ring (bicyclic) bond motifs is 2. The van der Waals surface area contributed by atoms with E-state index in [1.165, 1.54) is 38.2 Å². The monoisotopic (exact) mass is 415 g/mol. The van der Waals surface area contributed by atoms with Crippen LogP contribution in [0.3, 0.4) is 0 Å². The molecule has 0 saturated carbocycles. The van der Waals surface area contributed by atoms with Gasteiger partial charge in [0.05, 0.1) is 0 Å². The van der Waals surface area contributed by atoms with E-state index >= 15 is 0 Å². The average molecular weight is 417 g/mol. The smallest absolute Gasteiger partial charge is 1.00 e. The third-order valence-corrected chi connectivity index (χ3v) is 4.06. The zero-order valence-electron chi connectivity index (χ0n) is 12.7. The number of rotatable bonds is 1. The van der Waals surface area contributed by atoms with Crippen molar-refractivity contribution < 1.29 is 51.0 Å². The van der Waals surface area contributed by atoms with E-state index in [2.05, 4.69) is 79.7 Å². The summed E-state index contributed by atoms with van der Waals surface area (Å²) in [5, 5.41) is 5.30. The van der Waals surface area contributed by atoms with Crippen molar-refractivity contribution in [3.63, 3.8) is 0 Å². The first-order valence-corrected chi connectivity index (χ1v) is 6.98. The summed E-state index contributed by atoms with van der Waals surface area (Å²) in [5.74, 6) is 0. The maximum Gasteiger partial charge on any atom is 3.00 e. The first kappa shape index (κ1) is 20.0. The van der Waals surface area contributed by atoms with Crippen LogP contribution in [0.2, 0.25) is 0 Å². The Labute approximate surface area is 168 Å². The Bertz CT molecular complexity index is 920. The molecular weight excluding hydrogens is 402 g/mol. The predicted octanol–water partition coefficient (Wildman–Crippen LogP) is -0.307. The molecule has 0 spiro atoms. The third-order valence-electron chi connectivity index (χ3n) is 4.06. The fraction of sp³-hybridized carbons (Fsp3) is 0.0500. The Hall–Kier alpha value is -1.01. The molecular formula is C20H15Cl2Zr. The fourth-order valence-corrected chi connectivity index (χ4v) is 3.17. The molecule has 3 heteroatoms. The van der Waals surface area contributed by atoms with Crippen molar-refractivity contribution in [1.82, 2.24) is 0 Å². The Morgan fingerprint density at radius 1 is 0.696 bits per heavy atom. The van der Waals surface area contributed by atoms with Gasteiger partial charge in [-0.15, -0.1) is 46.2 Å². The van der Waals surface area contributed by atoms with Gasteiger partial charge in [-0.1, -0.05) is 61.0 Å². The molecule has 0 nitrogen and oxygen atoms in total. The second-order valence-electron chi connectivity index (χ2n) is 5.32. The van der Waals surface area contributed by atoms with E-state index in [0.29, 0.717) is 0 Å². The standard InChI is InChI=1S/C20H15.2ClH.Zr/c1-14-13-16-8-3-5-11-18(16)20(14)19-12-6-9-15-7-2-4-10-17(15)19;;;/h2-13H,1H3;2*1H;/q-1;;;+3/p-2. The summed E-state index contributed by atoms with van der Waals surface area (Å²) in [6, 6.07) is 26.1. The summed E-state index contributed by atoms with van der Waals surface area (Å²) in [4.78, 5) is 0. The Balaban J connectivity index is 0.000000882. The van der Waals surface area contributed by atoms with Crippen LogP contribution in [0, 0.1) is 6.92 Å². The Morgan fingerprint density at radius 3 is 2.09 bits per heavy atom. The van der Waals surface area contributed by atoms with E-state index in [9.17, 15) is 0 Å². The molecule has 1 radical (unpaired) electrons. The number of aryl methyl sites for hydroxylation is 1. The average Bonchev–Trinajstić information content (AvgIpc) is 2.82. The zero-order valence-corrected chi connectivity index (χ0v) is 16.7. The molecule has 0 atom stereocenters. The molecule has 0 amide bonds. The largest absolute Gasteiger partial charge is 3.00 e. The van der Waals surface area contributed by atoms with Crippen LogP contribution in [-0.2, 0) is 26.2 Å². The van der Waals surface area contributed by atoms with Crippen LogP contribution in [0.15, 0.2) is 72.8 Å². The van der Waals surface area contributed by atoms with Crippen LogP contribution in [0.4, 0.5) is 0 Å². The van der Waals surface area contributed by atoms with Gasteiger partial charge in [0.15, 0.2) is 0 Å². The molecule has 0 aliphatic rings. The number of benzene rings is 3. The molecule has 4 aromatic rings. The minimum absolute atomic E-state index is 0. The normalized spacial score (nSPS) is 9.78. The van der Waals surface area contributed by atoms with Crippen molar-refractivity contribution >= 4 is 21.5 Å².